The average Bonchev–Trinajstić information content (AvgIpc) is 3.20. The summed E-state index contributed by atoms with van der Waals surface area (Å²) < 4.78 is 49.8. The number of pyridine rings is 1. The van der Waals surface area contributed by atoms with Crippen molar-refractivity contribution in [3.8, 4) is 5.88 Å². The van der Waals surface area contributed by atoms with E-state index in [9.17, 15) is 18.0 Å². The Labute approximate surface area is 147 Å². The number of nitrogens with one attached hydrogen (secondary N) is 1. The molecule has 0 saturated heterocycles. The summed E-state index contributed by atoms with van der Waals surface area (Å²) in [6.45, 7) is 3.47. The Morgan fingerprint density at radius 1 is 1.35 bits per heavy atom. The van der Waals surface area contributed by atoms with E-state index in [0.717, 1.165) is 25.0 Å². The van der Waals surface area contributed by atoms with Gasteiger partial charge in [0.05, 0.1) is 12.8 Å². The lowest BCUT2D eigenvalue weighted by Gasteiger charge is -2.22. The van der Waals surface area contributed by atoms with Crippen LogP contribution in [0.4, 0.5) is 13.2 Å². The van der Waals surface area contributed by atoms with Gasteiger partial charge in [-0.2, -0.15) is 13.2 Å². The third-order valence-electron chi connectivity index (χ3n) is 3.94. The number of hydrogen-bond acceptors (Lipinski definition) is 5. The second-order valence-corrected chi connectivity index (χ2v) is 6.72. The molecule has 0 radical (unpaired) electrons. The number of alkyl halides is 3. The molecule has 0 spiro atoms. The smallest absolute Gasteiger partial charge is 0.421 e. The number of carbonyl (C=O) groups is 1. The van der Waals surface area contributed by atoms with E-state index in [1.54, 1.807) is 13.8 Å². The maximum Gasteiger partial charge on any atom is 0.421 e. The van der Waals surface area contributed by atoms with Crippen LogP contribution in [0.25, 0.3) is 0 Å². The van der Waals surface area contributed by atoms with Crippen LogP contribution in [0.5, 0.6) is 5.88 Å². The fourth-order valence-corrected chi connectivity index (χ4v) is 2.31. The van der Waals surface area contributed by atoms with Gasteiger partial charge in [0.2, 0.25) is 11.8 Å². The maximum atomic E-state index is 13.1. The molecule has 0 atom stereocenters. The summed E-state index contributed by atoms with van der Waals surface area (Å²) in [6.07, 6.45) is 0.0306. The molecule has 2 aromatic rings. The number of amides is 1. The Kier molecular flexibility index (Phi) is 4.64. The molecule has 2 aromatic heterocycles. The van der Waals surface area contributed by atoms with Crippen LogP contribution in [-0.2, 0) is 11.7 Å². The predicted octanol–water partition coefficient (Wildman–Crippen LogP) is 3.54. The number of nitrogens with zero attached hydrogens (tertiary/aromatic N) is 2. The molecule has 26 heavy (non-hydrogen) atoms. The van der Waals surface area contributed by atoms with Crippen LogP contribution in [0, 0.1) is 5.92 Å². The van der Waals surface area contributed by atoms with Gasteiger partial charge in [0.15, 0.2) is 0 Å². The van der Waals surface area contributed by atoms with Gasteiger partial charge in [0.1, 0.15) is 23.1 Å². The zero-order chi connectivity index (χ0) is 18.9. The van der Waals surface area contributed by atoms with Gasteiger partial charge >= 0.3 is 6.18 Å². The highest BCUT2D eigenvalue weighted by Crippen LogP contribution is 2.37. The van der Waals surface area contributed by atoms with E-state index >= 15 is 0 Å². The number of oxazole rings is 1. The highest BCUT2D eigenvalue weighted by Gasteiger charge is 2.37. The van der Waals surface area contributed by atoms with Gasteiger partial charge in [-0.1, -0.05) is 0 Å². The number of halogens is 3. The molecule has 1 fully saturated rings. The number of ether oxygens (including phenoxy) is 1. The van der Waals surface area contributed by atoms with Crippen molar-refractivity contribution in [3.63, 3.8) is 0 Å². The maximum absolute atomic E-state index is 13.1. The number of aromatic nitrogens is 2. The van der Waals surface area contributed by atoms with Crippen LogP contribution >= 0.6 is 0 Å². The second-order valence-electron chi connectivity index (χ2n) is 6.72. The quantitative estimate of drug-likeness (QED) is 0.843. The standard InChI is InChI=1S/C17H18F3N3O3/c1-16(2,15-21-7-8-25-15)23-13(24)12-6-5-11(17(18,19)20)14(22-12)26-9-10-3-4-10/h5-8,10H,3-4,9H2,1-2H3,(H,23,24). The summed E-state index contributed by atoms with van der Waals surface area (Å²) in [5.41, 5.74) is -2.13. The van der Waals surface area contributed by atoms with Crippen LogP contribution in [0.2, 0.25) is 0 Å². The summed E-state index contributed by atoms with van der Waals surface area (Å²) in [6, 6.07) is 1.83. The first-order valence-corrected chi connectivity index (χ1v) is 8.10. The SMILES string of the molecule is CC(C)(NC(=O)c1ccc(C(F)(F)F)c(OCC2CC2)n1)c1ncco1. The van der Waals surface area contributed by atoms with E-state index < -0.39 is 29.1 Å². The number of carbonyl (C=O) groups excluding carboxylic acids is 1. The molecule has 1 saturated carbocycles. The molecule has 3 rings (SSSR count). The fourth-order valence-electron chi connectivity index (χ4n) is 2.31. The minimum atomic E-state index is -4.61. The lowest BCUT2D eigenvalue weighted by Crippen LogP contribution is -2.41. The Hall–Kier alpha value is -2.58. The van der Waals surface area contributed by atoms with E-state index in [2.05, 4.69) is 15.3 Å². The first-order chi connectivity index (χ1) is 12.2. The monoisotopic (exact) mass is 369 g/mol. The highest BCUT2D eigenvalue weighted by molar-refractivity contribution is 5.93. The Morgan fingerprint density at radius 2 is 2.08 bits per heavy atom. The van der Waals surface area contributed by atoms with Gasteiger partial charge in [-0.25, -0.2) is 9.97 Å². The molecule has 1 aliphatic rings. The molecule has 0 aromatic carbocycles. The summed E-state index contributed by atoms with van der Waals surface area (Å²) in [4.78, 5) is 20.2. The van der Waals surface area contributed by atoms with Gasteiger partial charge in [0.25, 0.3) is 5.91 Å². The summed E-state index contributed by atoms with van der Waals surface area (Å²) in [5, 5.41) is 2.64. The molecule has 1 amide bonds. The normalized spacial score (nSPS) is 15.0. The average molecular weight is 369 g/mol. The lowest BCUT2D eigenvalue weighted by atomic mass is 10.1. The topological polar surface area (TPSA) is 77.2 Å². The molecule has 1 N–H and O–H groups in total. The summed E-state index contributed by atoms with van der Waals surface area (Å²) in [7, 11) is 0. The largest absolute Gasteiger partial charge is 0.477 e. The second kappa shape index (κ2) is 6.62. The Bertz CT molecular complexity index is 784. The van der Waals surface area contributed by atoms with Gasteiger partial charge in [-0.15, -0.1) is 0 Å². The molecule has 0 unspecified atom stereocenters. The van der Waals surface area contributed by atoms with Crippen molar-refractivity contribution in [1.82, 2.24) is 15.3 Å². The molecule has 9 heteroatoms. The number of rotatable bonds is 6. The summed E-state index contributed by atoms with van der Waals surface area (Å²) >= 11 is 0. The predicted molar refractivity (Wildman–Crippen MR) is 84.5 cm³/mol. The molecule has 0 aliphatic heterocycles. The van der Waals surface area contributed by atoms with Crippen LogP contribution < -0.4 is 10.1 Å². The molecule has 0 bridgehead atoms. The van der Waals surface area contributed by atoms with E-state index in [1.165, 1.54) is 12.5 Å². The van der Waals surface area contributed by atoms with Crippen LogP contribution in [0.3, 0.4) is 0 Å². The van der Waals surface area contributed by atoms with E-state index in [0.29, 0.717) is 0 Å². The zero-order valence-corrected chi connectivity index (χ0v) is 14.3. The van der Waals surface area contributed by atoms with Crippen molar-refractivity contribution in [2.45, 2.75) is 38.4 Å². The highest BCUT2D eigenvalue weighted by atomic mass is 19.4. The van der Waals surface area contributed by atoms with Crippen LogP contribution in [0.15, 0.2) is 29.0 Å². The van der Waals surface area contributed by atoms with Crippen molar-refractivity contribution >= 4 is 5.91 Å². The van der Waals surface area contributed by atoms with Gasteiger partial charge in [-0.3, -0.25) is 4.79 Å². The van der Waals surface area contributed by atoms with Gasteiger partial charge in [0, 0.05) is 0 Å². The van der Waals surface area contributed by atoms with Gasteiger partial charge in [-0.05, 0) is 44.7 Å². The third kappa shape index (κ3) is 4.14. The minimum absolute atomic E-state index is 0.156. The zero-order valence-electron chi connectivity index (χ0n) is 14.3. The molecule has 2 heterocycles. The molecular formula is C17H18F3N3O3. The Morgan fingerprint density at radius 3 is 2.65 bits per heavy atom. The van der Waals surface area contributed by atoms with E-state index in [-0.39, 0.29) is 24.1 Å². The molecule has 6 nitrogen and oxygen atoms in total. The first kappa shape index (κ1) is 18.2. The fraction of sp³-hybridized carbons (Fsp3) is 0.471. The number of hydrogen-bond donors (Lipinski definition) is 1. The molecule has 1 aliphatic carbocycles. The minimum Gasteiger partial charge on any atom is -0.477 e. The van der Waals surface area contributed by atoms with Crippen molar-refractivity contribution in [2.24, 2.45) is 5.92 Å². The third-order valence-corrected chi connectivity index (χ3v) is 3.94. The van der Waals surface area contributed by atoms with Crippen molar-refractivity contribution < 1.29 is 27.1 Å². The molecule has 140 valence electrons. The van der Waals surface area contributed by atoms with Crippen LogP contribution in [0.1, 0.15) is 48.6 Å². The first-order valence-electron chi connectivity index (χ1n) is 8.10. The van der Waals surface area contributed by atoms with Crippen molar-refractivity contribution in [2.75, 3.05) is 6.61 Å². The summed E-state index contributed by atoms with van der Waals surface area (Å²) in [5.74, 6) is -0.716. The Balaban J connectivity index is 1.82. The lowest BCUT2D eigenvalue weighted by molar-refractivity contribution is -0.139. The van der Waals surface area contributed by atoms with E-state index in [4.69, 9.17) is 9.15 Å². The van der Waals surface area contributed by atoms with Crippen LogP contribution in [-0.4, -0.2) is 22.5 Å². The molecular weight excluding hydrogens is 351 g/mol. The van der Waals surface area contributed by atoms with Crippen molar-refractivity contribution in [1.29, 1.82) is 0 Å². The van der Waals surface area contributed by atoms with Crippen molar-refractivity contribution in [3.05, 3.63) is 41.7 Å². The van der Waals surface area contributed by atoms with Gasteiger partial charge < -0.3 is 14.5 Å². The van der Waals surface area contributed by atoms with E-state index in [1.807, 2.05) is 0 Å².